The quantitative estimate of drug-likeness (QED) is 0.855. The predicted molar refractivity (Wildman–Crippen MR) is 87.1 cm³/mol. The molecular formula is C15H22BrClN2. The van der Waals surface area contributed by atoms with Crippen LogP contribution in [0, 0.1) is 5.92 Å². The van der Waals surface area contributed by atoms with Gasteiger partial charge >= 0.3 is 0 Å². The van der Waals surface area contributed by atoms with Gasteiger partial charge in [-0.3, -0.25) is 0 Å². The molecule has 0 amide bonds. The van der Waals surface area contributed by atoms with Crippen molar-refractivity contribution in [1.29, 1.82) is 0 Å². The maximum atomic E-state index is 6.13. The van der Waals surface area contributed by atoms with Crippen LogP contribution in [-0.2, 0) is 0 Å². The first-order valence-corrected chi connectivity index (χ1v) is 8.21. The summed E-state index contributed by atoms with van der Waals surface area (Å²) in [6, 6.07) is 6.43. The highest BCUT2D eigenvalue weighted by Gasteiger charge is 2.24. The van der Waals surface area contributed by atoms with Gasteiger partial charge in [0.25, 0.3) is 0 Å². The second kappa shape index (κ2) is 6.96. The molecule has 2 nitrogen and oxygen atoms in total. The Labute approximate surface area is 129 Å². The summed E-state index contributed by atoms with van der Waals surface area (Å²) in [7, 11) is 0. The molecule has 1 aromatic rings. The van der Waals surface area contributed by atoms with E-state index in [4.69, 9.17) is 11.6 Å². The van der Waals surface area contributed by atoms with Gasteiger partial charge in [-0.05, 0) is 66.8 Å². The van der Waals surface area contributed by atoms with E-state index < -0.39 is 0 Å². The lowest BCUT2D eigenvalue weighted by atomic mass is 9.91. The van der Waals surface area contributed by atoms with Crippen molar-refractivity contribution >= 4 is 33.2 Å². The van der Waals surface area contributed by atoms with Crippen molar-refractivity contribution in [2.45, 2.75) is 32.7 Å². The van der Waals surface area contributed by atoms with Crippen LogP contribution < -0.4 is 5.32 Å². The van der Waals surface area contributed by atoms with Crippen LogP contribution in [0.15, 0.2) is 22.7 Å². The molecule has 1 aliphatic heterocycles. The van der Waals surface area contributed by atoms with Gasteiger partial charge < -0.3 is 10.2 Å². The van der Waals surface area contributed by atoms with Gasteiger partial charge in [0.05, 0.1) is 15.2 Å². The summed E-state index contributed by atoms with van der Waals surface area (Å²) >= 11 is 9.69. The second-order valence-corrected chi connectivity index (χ2v) is 6.53. The van der Waals surface area contributed by atoms with Gasteiger partial charge in [-0.15, -0.1) is 0 Å². The van der Waals surface area contributed by atoms with Crippen molar-refractivity contribution in [2.24, 2.45) is 5.92 Å². The summed E-state index contributed by atoms with van der Waals surface area (Å²) in [4.78, 5) is 2.54. The molecular weight excluding hydrogens is 324 g/mol. The van der Waals surface area contributed by atoms with Gasteiger partial charge in [-0.1, -0.05) is 24.6 Å². The maximum absolute atomic E-state index is 6.13. The number of likely N-dealkylation sites (tertiary alicyclic amines) is 1. The molecule has 2 unspecified atom stereocenters. The van der Waals surface area contributed by atoms with Crippen molar-refractivity contribution in [1.82, 2.24) is 4.90 Å². The zero-order chi connectivity index (χ0) is 13.8. The molecule has 1 fully saturated rings. The third-order valence-corrected chi connectivity index (χ3v) is 5.43. The third-order valence-electron chi connectivity index (χ3n) is 4.03. The highest BCUT2D eigenvalue weighted by Crippen LogP contribution is 2.32. The van der Waals surface area contributed by atoms with Gasteiger partial charge in [0.15, 0.2) is 0 Å². The number of anilines is 1. The molecule has 2 atom stereocenters. The maximum Gasteiger partial charge on any atom is 0.0593 e. The summed E-state index contributed by atoms with van der Waals surface area (Å²) in [6.45, 7) is 8.12. The summed E-state index contributed by atoms with van der Waals surface area (Å²) in [5, 5.41) is 4.37. The molecule has 19 heavy (non-hydrogen) atoms. The van der Waals surface area contributed by atoms with Gasteiger partial charge in [0.2, 0.25) is 0 Å². The predicted octanol–water partition coefficient (Wildman–Crippen LogP) is 4.63. The molecule has 0 aromatic heterocycles. The topological polar surface area (TPSA) is 15.3 Å². The number of benzene rings is 1. The minimum absolute atomic E-state index is 0.462. The molecule has 0 radical (unpaired) electrons. The first-order valence-electron chi connectivity index (χ1n) is 7.04. The lowest BCUT2D eigenvalue weighted by Crippen LogP contribution is -2.41. The monoisotopic (exact) mass is 344 g/mol. The average Bonchev–Trinajstić information content (AvgIpc) is 2.44. The number of hydrogen-bond donors (Lipinski definition) is 1. The van der Waals surface area contributed by atoms with E-state index in [1.807, 2.05) is 12.1 Å². The minimum atomic E-state index is 0.462. The zero-order valence-electron chi connectivity index (χ0n) is 11.6. The lowest BCUT2D eigenvalue weighted by Gasteiger charge is -2.36. The van der Waals surface area contributed by atoms with Crippen LogP contribution >= 0.6 is 27.5 Å². The van der Waals surface area contributed by atoms with Crippen molar-refractivity contribution in [3.05, 3.63) is 27.7 Å². The number of rotatable bonds is 4. The summed E-state index contributed by atoms with van der Waals surface area (Å²) in [5.41, 5.74) is 1.09. The highest BCUT2D eigenvalue weighted by atomic mass is 79.9. The molecule has 4 heteroatoms. The molecule has 1 heterocycles. The van der Waals surface area contributed by atoms with Crippen LogP contribution in [0.25, 0.3) is 0 Å². The SMILES string of the molecule is CCN1CCCC(C(C)Nc2cccc(Cl)c2Br)C1. The van der Waals surface area contributed by atoms with E-state index in [1.165, 1.54) is 25.9 Å². The molecule has 106 valence electrons. The van der Waals surface area contributed by atoms with Crippen molar-refractivity contribution in [2.75, 3.05) is 25.0 Å². The van der Waals surface area contributed by atoms with E-state index in [1.54, 1.807) is 0 Å². The second-order valence-electron chi connectivity index (χ2n) is 5.33. The van der Waals surface area contributed by atoms with Crippen molar-refractivity contribution in [3.63, 3.8) is 0 Å². The Balaban J connectivity index is 2.00. The highest BCUT2D eigenvalue weighted by molar-refractivity contribution is 9.10. The van der Waals surface area contributed by atoms with E-state index in [0.29, 0.717) is 12.0 Å². The number of piperidine rings is 1. The van der Waals surface area contributed by atoms with E-state index in [0.717, 1.165) is 21.7 Å². The van der Waals surface area contributed by atoms with Crippen LogP contribution in [-0.4, -0.2) is 30.6 Å². The number of halogens is 2. The van der Waals surface area contributed by atoms with Crippen LogP contribution in [0.5, 0.6) is 0 Å². The first kappa shape index (κ1) is 15.1. The molecule has 1 aliphatic rings. The Bertz CT molecular complexity index is 425. The third kappa shape index (κ3) is 3.87. The molecule has 0 saturated carbocycles. The summed E-state index contributed by atoms with van der Waals surface area (Å²) < 4.78 is 0.965. The largest absolute Gasteiger partial charge is 0.381 e. The molecule has 2 rings (SSSR count). The standard InChI is InChI=1S/C15H22BrClN2/c1-3-19-9-5-6-12(10-19)11(2)18-14-8-4-7-13(17)15(14)16/h4,7-8,11-12,18H,3,5-6,9-10H2,1-2H3. The Morgan fingerprint density at radius 1 is 1.53 bits per heavy atom. The van der Waals surface area contributed by atoms with E-state index in [2.05, 4.69) is 46.1 Å². The number of nitrogens with zero attached hydrogens (tertiary/aromatic N) is 1. The van der Waals surface area contributed by atoms with E-state index in [9.17, 15) is 0 Å². The Morgan fingerprint density at radius 2 is 2.32 bits per heavy atom. The number of nitrogens with one attached hydrogen (secondary N) is 1. The molecule has 1 aromatic carbocycles. The van der Waals surface area contributed by atoms with E-state index in [-0.39, 0.29) is 0 Å². The van der Waals surface area contributed by atoms with Gasteiger partial charge in [-0.2, -0.15) is 0 Å². The van der Waals surface area contributed by atoms with Gasteiger partial charge in [0, 0.05) is 12.6 Å². The van der Waals surface area contributed by atoms with Crippen molar-refractivity contribution in [3.8, 4) is 0 Å². The molecule has 0 bridgehead atoms. The van der Waals surface area contributed by atoms with Crippen LogP contribution in [0.4, 0.5) is 5.69 Å². The molecule has 1 saturated heterocycles. The fourth-order valence-corrected chi connectivity index (χ4v) is 3.32. The molecule has 0 spiro atoms. The van der Waals surface area contributed by atoms with Gasteiger partial charge in [0.1, 0.15) is 0 Å². The summed E-state index contributed by atoms with van der Waals surface area (Å²) in [5.74, 6) is 0.708. The lowest BCUT2D eigenvalue weighted by molar-refractivity contribution is 0.172. The first-order chi connectivity index (χ1) is 9.11. The number of hydrogen-bond acceptors (Lipinski definition) is 2. The summed E-state index contributed by atoms with van der Waals surface area (Å²) in [6.07, 6.45) is 2.62. The van der Waals surface area contributed by atoms with Gasteiger partial charge in [-0.25, -0.2) is 0 Å². The minimum Gasteiger partial charge on any atom is -0.381 e. The van der Waals surface area contributed by atoms with Crippen LogP contribution in [0.3, 0.4) is 0 Å². The fraction of sp³-hybridized carbons (Fsp3) is 0.600. The average molecular weight is 346 g/mol. The van der Waals surface area contributed by atoms with Crippen molar-refractivity contribution < 1.29 is 0 Å². The molecule has 1 N–H and O–H groups in total. The normalized spacial score (nSPS) is 22.2. The Hall–Kier alpha value is -0.250. The molecule has 0 aliphatic carbocycles. The Kier molecular flexibility index (Phi) is 5.55. The van der Waals surface area contributed by atoms with E-state index >= 15 is 0 Å². The van der Waals surface area contributed by atoms with Crippen LogP contribution in [0.1, 0.15) is 26.7 Å². The van der Waals surface area contributed by atoms with Crippen LogP contribution in [0.2, 0.25) is 5.02 Å². The Morgan fingerprint density at radius 3 is 3.05 bits per heavy atom. The fourth-order valence-electron chi connectivity index (χ4n) is 2.77. The smallest absolute Gasteiger partial charge is 0.0593 e. The zero-order valence-corrected chi connectivity index (χ0v) is 14.0.